The molecule has 1 atom stereocenters. The maximum absolute atomic E-state index is 10.1. The number of hydrogen-bond donors (Lipinski definition) is 1. The van der Waals surface area contributed by atoms with Crippen molar-refractivity contribution in [3.8, 4) is 0 Å². The molecule has 2 heteroatoms. The first-order valence-corrected chi connectivity index (χ1v) is 3.68. The number of carboxylic acids is 1. The van der Waals surface area contributed by atoms with Crippen molar-refractivity contribution >= 4 is 5.97 Å². The lowest BCUT2D eigenvalue weighted by atomic mass is 10.1. The Morgan fingerprint density at radius 3 is 2.64 bits per heavy atom. The molecule has 0 aromatic carbocycles. The van der Waals surface area contributed by atoms with Crippen molar-refractivity contribution in [2.75, 3.05) is 0 Å². The maximum atomic E-state index is 10.1. The number of allylic oxidation sites excluding steroid dienone is 3. The molecular weight excluding hydrogens is 140 g/mol. The van der Waals surface area contributed by atoms with E-state index in [0.29, 0.717) is 5.92 Å². The van der Waals surface area contributed by atoms with Gasteiger partial charge < -0.3 is 5.11 Å². The zero-order valence-electron chi connectivity index (χ0n) is 6.95. The molecule has 0 aromatic heterocycles. The van der Waals surface area contributed by atoms with Crippen LogP contribution in [-0.4, -0.2) is 11.1 Å². The summed E-state index contributed by atoms with van der Waals surface area (Å²) in [6.07, 6.45) is 7.64. The Morgan fingerprint density at radius 2 is 2.18 bits per heavy atom. The van der Waals surface area contributed by atoms with E-state index in [4.69, 9.17) is 5.11 Å². The molecule has 0 aliphatic rings. The molecule has 0 spiro atoms. The van der Waals surface area contributed by atoms with Crippen LogP contribution in [0.2, 0.25) is 0 Å². The predicted molar refractivity (Wildman–Crippen MR) is 45.4 cm³/mol. The Labute approximate surface area is 67.2 Å². The summed E-state index contributed by atoms with van der Waals surface area (Å²) in [5.74, 6) is -0.451. The minimum atomic E-state index is -0.783. The first kappa shape index (κ1) is 9.95. The van der Waals surface area contributed by atoms with Crippen molar-refractivity contribution in [2.24, 2.45) is 5.92 Å². The zero-order valence-corrected chi connectivity index (χ0v) is 6.95. The molecule has 0 bridgehead atoms. The average molecular weight is 154 g/mol. The van der Waals surface area contributed by atoms with Crippen molar-refractivity contribution in [3.05, 3.63) is 24.3 Å². The van der Waals surface area contributed by atoms with Gasteiger partial charge in [-0.3, -0.25) is 4.79 Å². The summed E-state index contributed by atoms with van der Waals surface area (Å²) in [6, 6.07) is 0. The third-order valence-corrected chi connectivity index (χ3v) is 1.23. The molecule has 0 radical (unpaired) electrons. The van der Waals surface area contributed by atoms with Gasteiger partial charge in [-0.1, -0.05) is 31.2 Å². The average Bonchev–Trinajstić information content (AvgIpc) is 1.87. The van der Waals surface area contributed by atoms with E-state index < -0.39 is 5.97 Å². The number of rotatable bonds is 4. The molecular formula is C9H14O2. The Morgan fingerprint density at radius 1 is 1.55 bits per heavy atom. The fourth-order valence-electron chi connectivity index (χ4n) is 0.751. The first-order valence-electron chi connectivity index (χ1n) is 3.68. The van der Waals surface area contributed by atoms with E-state index in [1.807, 2.05) is 32.1 Å². The lowest BCUT2D eigenvalue weighted by molar-refractivity contribution is -0.136. The van der Waals surface area contributed by atoms with Crippen LogP contribution in [-0.2, 0) is 4.79 Å². The SMILES string of the molecule is C/C=C/C(C)/C=C/CC(=O)O. The van der Waals surface area contributed by atoms with Crippen molar-refractivity contribution in [3.63, 3.8) is 0 Å². The van der Waals surface area contributed by atoms with E-state index in [0.717, 1.165) is 0 Å². The second-order valence-corrected chi connectivity index (χ2v) is 2.41. The van der Waals surface area contributed by atoms with Gasteiger partial charge in [0, 0.05) is 0 Å². The smallest absolute Gasteiger partial charge is 0.307 e. The lowest BCUT2D eigenvalue weighted by Gasteiger charge is -1.94. The van der Waals surface area contributed by atoms with Crippen molar-refractivity contribution in [1.82, 2.24) is 0 Å². The van der Waals surface area contributed by atoms with Crippen LogP contribution >= 0.6 is 0 Å². The highest BCUT2D eigenvalue weighted by molar-refractivity contribution is 5.68. The molecule has 0 saturated carbocycles. The fraction of sp³-hybridized carbons (Fsp3) is 0.444. The van der Waals surface area contributed by atoms with Crippen LogP contribution in [0.3, 0.4) is 0 Å². The molecule has 0 aliphatic heterocycles. The minimum absolute atomic E-state index is 0.113. The topological polar surface area (TPSA) is 37.3 Å². The van der Waals surface area contributed by atoms with Gasteiger partial charge in [0.1, 0.15) is 0 Å². The van der Waals surface area contributed by atoms with Crippen LogP contribution in [0.25, 0.3) is 0 Å². The van der Waals surface area contributed by atoms with Crippen LogP contribution in [0, 0.1) is 5.92 Å². The van der Waals surface area contributed by atoms with Gasteiger partial charge in [-0.2, -0.15) is 0 Å². The Hall–Kier alpha value is -1.05. The summed E-state index contributed by atoms with van der Waals surface area (Å²) < 4.78 is 0. The van der Waals surface area contributed by atoms with Gasteiger partial charge in [0.15, 0.2) is 0 Å². The zero-order chi connectivity index (χ0) is 8.69. The Balaban J connectivity index is 3.64. The largest absolute Gasteiger partial charge is 0.481 e. The first-order chi connectivity index (χ1) is 5.16. The number of carboxylic acid groups (broad SMARTS) is 1. The van der Waals surface area contributed by atoms with Crippen LogP contribution in [0.1, 0.15) is 20.3 Å². The quantitative estimate of drug-likeness (QED) is 0.630. The molecule has 0 aliphatic carbocycles. The van der Waals surface area contributed by atoms with Gasteiger partial charge in [0.05, 0.1) is 6.42 Å². The number of hydrogen-bond acceptors (Lipinski definition) is 1. The fourth-order valence-corrected chi connectivity index (χ4v) is 0.751. The van der Waals surface area contributed by atoms with E-state index in [1.165, 1.54) is 0 Å². The lowest BCUT2D eigenvalue weighted by Crippen LogP contribution is -1.91. The third kappa shape index (κ3) is 6.84. The molecule has 11 heavy (non-hydrogen) atoms. The Bertz CT molecular complexity index is 168. The van der Waals surface area contributed by atoms with Gasteiger partial charge in [0.2, 0.25) is 0 Å². The van der Waals surface area contributed by atoms with E-state index in [-0.39, 0.29) is 6.42 Å². The molecule has 2 nitrogen and oxygen atoms in total. The van der Waals surface area contributed by atoms with Gasteiger partial charge in [0.25, 0.3) is 0 Å². The summed E-state index contributed by atoms with van der Waals surface area (Å²) in [7, 11) is 0. The number of aliphatic carboxylic acids is 1. The molecule has 0 heterocycles. The highest BCUT2D eigenvalue weighted by Gasteiger charge is 1.91. The summed E-state index contributed by atoms with van der Waals surface area (Å²) in [4.78, 5) is 10.1. The summed E-state index contributed by atoms with van der Waals surface area (Å²) in [6.45, 7) is 3.96. The normalized spacial score (nSPS) is 14.4. The predicted octanol–water partition coefficient (Wildman–Crippen LogP) is 2.23. The van der Waals surface area contributed by atoms with Gasteiger partial charge in [-0.15, -0.1) is 0 Å². The minimum Gasteiger partial charge on any atom is -0.481 e. The summed E-state index contributed by atoms with van der Waals surface area (Å²) in [5, 5.41) is 8.29. The monoisotopic (exact) mass is 154 g/mol. The highest BCUT2D eigenvalue weighted by atomic mass is 16.4. The van der Waals surface area contributed by atoms with Crippen molar-refractivity contribution in [2.45, 2.75) is 20.3 Å². The maximum Gasteiger partial charge on any atom is 0.307 e. The highest BCUT2D eigenvalue weighted by Crippen LogP contribution is 1.99. The van der Waals surface area contributed by atoms with Crippen molar-refractivity contribution in [1.29, 1.82) is 0 Å². The third-order valence-electron chi connectivity index (χ3n) is 1.23. The van der Waals surface area contributed by atoms with Gasteiger partial charge in [-0.25, -0.2) is 0 Å². The van der Waals surface area contributed by atoms with Crippen LogP contribution < -0.4 is 0 Å². The molecule has 62 valence electrons. The van der Waals surface area contributed by atoms with Crippen LogP contribution in [0.4, 0.5) is 0 Å². The van der Waals surface area contributed by atoms with Crippen LogP contribution in [0.15, 0.2) is 24.3 Å². The number of carbonyl (C=O) groups is 1. The van der Waals surface area contributed by atoms with Gasteiger partial charge in [-0.05, 0) is 12.8 Å². The molecule has 1 unspecified atom stereocenters. The Kier molecular flexibility index (Phi) is 5.17. The molecule has 0 rings (SSSR count). The van der Waals surface area contributed by atoms with E-state index in [1.54, 1.807) is 6.08 Å². The van der Waals surface area contributed by atoms with E-state index in [2.05, 4.69) is 0 Å². The second-order valence-electron chi connectivity index (χ2n) is 2.41. The summed E-state index contributed by atoms with van der Waals surface area (Å²) >= 11 is 0. The second kappa shape index (κ2) is 5.71. The van der Waals surface area contributed by atoms with Crippen LogP contribution in [0.5, 0.6) is 0 Å². The summed E-state index contributed by atoms with van der Waals surface area (Å²) in [5.41, 5.74) is 0. The molecule has 1 N–H and O–H groups in total. The van der Waals surface area contributed by atoms with Crippen molar-refractivity contribution < 1.29 is 9.90 Å². The molecule has 0 saturated heterocycles. The van der Waals surface area contributed by atoms with E-state index >= 15 is 0 Å². The van der Waals surface area contributed by atoms with Gasteiger partial charge >= 0.3 is 5.97 Å². The molecule has 0 amide bonds. The molecule has 0 fully saturated rings. The standard InChI is InChI=1S/C9H14O2/c1-3-5-8(2)6-4-7-9(10)11/h3-6,8H,7H2,1-2H3,(H,10,11)/b5-3+,6-4+. The van der Waals surface area contributed by atoms with E-state index in [9.17, 15) is 4.79 Å². The molecule has 0 aromatic rings.